The second kappa shape index (κ2) is 5.03. The van der Waals surface area contributed by atoms with Crippen molar-refractivity contribution in [1.82, 2.24) is 5.01 Å². The number of nitrogens with zero attached hydrogens (tertiary/aromatic N) is 2. The Hall–Kier alpha value is -1.84. The minimum atomic E-state index is -0.521. The van der Waals surface area contributed by atoms with E-state index >= 15 is 0 Å². The van der Waals surface area contributed by atoms with Gasteiger partial charge in [-0.2, -0.15) is 5.01 Å². The summed E-state index contributed by atoms with van der Waals surface area (Å²) in [7, 11) is 0. The van der Waals surface area contributed by atoms with Crippen LogP contribution in [0.2, 0.25) is 0 Å². The van der Waals surface area contributed by atoms with Gasteiger partial charge in [0.25, 0.3) is 5.91 Å². The number of anilines is 1. The fourth-order valence-corrected chi connectivity index (χ4v) is 2.05. The fourth-order valence-electron chi connectivity index (χ4n) is 2.05. The molecular formula is C15H20N2O2. The summed E-state index contributed by atoms with van der Waals surface area (Å²) < 4.78 is 0. The van der Waals surface area contributed by atoms with Gasteiger partial charge in [0.2, 0.25) is 5.91 Å². The van der Waals surface area contributed by atoms with E-state index in [4.69, 9.17) is 0 Å². The van der Waals surface area contributed by atoms with E-state index in [9.17, 15) is 9.59 Å². The zero-order valence-corrected chi connectivity index (χ0v) is 11.7. The number of rotatable bonds is 3. The summed E-state index contributed by atoms with van der Waals surface area (Å²) in [5.41, 5.74) is 0.362. The maximum atomic E-state index is 12.6. The number of benzene rings is 1. The van der Waals surface area contributed by atoms with Crippen LogP contribution in [0.4, 0.5) is 5.69 Å². The van der Waals surface area contributed by atoms with Crippen LogP contribution in [0.25, 0.3) is 0 Å². The number of hydrazine groups is 1. The number of carbonyl (C=O) groups is 2. The zero-order chi connectivity index (χ0) is 14.0. The van der Waals surface area contributed by atoms with Gasteiger partial charge in [-0.05, 0) is 18.6 Å². The lowest BCUT2D eigenvalue weighted by Gasteiger charge is -2.33. The zero-order valence-electron chi connectivity index (χ0n) is 11.7. The Bertz CT molecular complexity index is 482. The first-order chi connectivity index (χ1) is 8.97. The monoisotopic (exact) mass is 260 g/mol. The van der Waals surface area contributed by atoms with E-state index in [0.717, 1.165) is 5.69 Å². The lowest BCUT2D eigenvalue weighted by Crippen LogP contribution is -2.49. The van der Waals surface area contributed by atoms with Crippen molar-refractivity contribution in [2.24, 2.45) is 5.41 Å². The molecule has 0 atom stereocenters. The highest BCUT2D eigenvalue weighted by Gasteiger charge is 2.40. The van der Waals surface area contributed by atoms with Crippen LogP contribution in [0.1, 0.15) is 33.6 Å². The molecule has 0 bridgehead atoms. The molecule has 1 aromatic carbocycles. The minimum absolute atomic E-state index is 0.115. The SMILES string of the molecule is CCC(C)(C)C(=O)N1C(=O)CCN1c1ccccc1. The molecule has 0 saturated carbocycles. The van der Waals surface area contributed by atoms with Gasteiger partial charge in [-0.3, -0.25) is 14.6 Å². The summed E-state index contributed by atoms with van der Waals surface area (Å²) in [6.45, 7) is 6.29. The van der Waals surface area contributed by atoms with Crippen molar-refractivity contribution < 1.29 is 9.59 Å². The molecule has 1 aliphatic rings. The molecule has 2 rings (SSSR count). The van der Waals surface area contributed by atoms with Crippen LogP contribution >= 0.6 is 0 Å². The normalized spacial score (nSPS) is 16.1. The maximum absolute atomic E-state index is 12.6. The predicted molar refractivity (Wildman–Crippen MR) is 74.3 cm³/mol. The molecule has 0 radical (unpaired) electrons. The number of imide groups is 1. The van der Waals surface area contributed by atoms with Gasteiger partial charge >= 0.3 is 0 Å². The second-order valence-electron chi connectivity index (χ2n) is 5.46. The average molecular weight is 260 g/mol. The highest BCUT2D eigenvalue weighted by Crippen LogP contribution is 2.29. The number of para-hydroxylation sites is 1. The van der Waals surface area contributed by atoms with E-state index in [1.165, 1.54) is 5.01 Å². The second-order valence-corrected chi connectivity index (χ2v) is 5.46. The van der Waals surface area contributed by atoms with Crippen LogP contribution in [0.3, 0.4) is 0 Å². The Labute approximate surface area is 114 Å². The molecule has 1 aromatic rings. The largest absolute Gasteiger partial charge is 0.275 e. The van der Waals surface area contributed by atoms with Gasteiger partial charge in [0.1, 0.15) is 0 Å². The van der Waals surface area contributed by atoms with Crippen LogP contribution < -0.4 is 5.01 Å². The van der Waals surface area contributed by atoms with Gasteiger partial charge in [-0.1, -0.05) is 39.0 Å². The molecule has 0 spiro atoms. The standard InChI is InChI=1S/C15H20N2O2/c1-4-15(2,3)14(19)17-13(18)10-11-16(17)12-8-6-5-7-9-12/h5-9H,4,10-11H2,1-3H3. The van der Waals surface area contributed by atoms with Crippen molar-refractivity contribution in [2.45, 2.75) is 33.6 Å². The molecule has 1 saturated heterocycles. The molecule has 0 unspecified atom stereocenters. The Morgan fingerprint density at radius 3 is 2.47 bits per heavy atom. The third-order valence-corrected chi connectivity index (χ3v) is 3.72. The molecule has 1 heterocycles. The summed E-state index contributed by atoms with van der Waals surface area (Å²) in [6, 6.07) is 9.57. The molecule has 19 heavy (non-hydrogen) atoms. The highest BCUT2D eigenvalue weighted by molar-refractivity contribution is 6.01. The van der Waals surface area contributed by atoms with Crippen molar-refractivity contribution >= 4 is 17.5 Å². The molecule has 0 N–H and O–H groups in total. The van der Waals surface area contributed by atoms with Crippen molar-refractivity contribution in [3.8, 4) is 0 Å². The van der Waals surface area contributed by atoms with Crippen molar-refractivity contribution in [2.75, 3.05) is 11.6 Å². The number of hydrogen-bond acceptors (Lipinski definition) is 3. The third kappa shape index (κ3) is 2.48. The van der Waals surface area contributed by atoms with E-state index in [0.29, 0.717) is 19.4 Å². The van der Waals surface area contributed by atoms with Crippen molar-refractivity contribution in [3.05, 3.63) is 30.3 Å². The summed E-state index contributed by atoms with van der Waals surface area (Å²) >= 11 is 0. The van der Waals surface area contributed by atoms with Crippen LogP contribution in [-0.2, 0) is 9.59 Å². The topological polar surface area (TPSA) is 40.6 Å². The fraction of sp³-hybridized carbons (Fsp3) is 0.467. The first-order valence-corrected chi connectivity index (χ1v) is 6.67. The smallest absolute Gasteiger partial charge is 0.253 e. The molecule has 2 amide bonds. The molecule has 0 aromatic heterocycles. The van der Waals surface area contributed by atoms with Crippen LogP contribution in [0, 0.1) is 5.41 Å². The van der Waals surface area contributed by atoms with E-state index in [-0.39, 0.29) is 11.8 Å². The Balaban J connectivity index is 2.31. The first kappa shape index (κ1) is 13.6. The van der Waals surface area contributed by atoms with E-state index in [2.05, 4.69) is 0 Å². The van der Waals surface area contributed by atoms with Crippen LogP contribution in [0.5, 0.6) is 0 Å². The number of hydrogen-bond donors (Lipinski definition) is 0. The lowest BCUT2D eigenvalue weighted by molar-refractivity contribution is -0.148. The highest BCUT2D eigenvalue weighted by atomic mass is 16.2. The molecule has 1 fully saturated rings. The predicted octanol–water partition coefficient (Wildman–Crippen LogP) is 2.60. The molecule has 4 heteroatoms. The lowest BCUT2D eigenvalue weighted by atomic mass is 9.89. The first-order valence-electron chi connectivity index (χ1n) is 6.67. The van der Waals surface area contributed by atoms with Gasteiger partial charge < -0.3 is 0 Å². The van der Waals surface area contributed by atoms with Gasteiger partial charge in [0.15, 0.2) is 0 Å². The maximum Gasteiger partial charge on any atom is 0.253 e. The van der Waals surface area contributed by atoms with Crippen molar-refractivity contribution in [1.29, 1.82) is 0 Å². The molecule has 4 nitrogen and oxygen atoms in total. The van der Waals surface area contributed by atoms with Gasteiger partial charge in [0.05, 0.1) is 5.69 Å². The number of carbonyl (C=O) groups excluding carboxylic acids is 2. The Morgan fingerprint density at radius 1 is 1.26 bits per heavy atom. The molecule has 0 aliphatic carbocycles. The molecule has 1 aliphatic heterocycles. The summed E-state index contributed by atoms with van der Waals surface area (Å²) in [5, 5.41) is 3.10. The third-order valence-electron chi connectivity index (χ3n) is 3.72. The number of amides is 2. The van der Waals surface area contributed by atoms with Crippen LogP contribution in [-0.4, -0.2) is 23.4 Å². The Kier molecular flexibility index (Phi) is 3.60. The van der Waals surface area contributed by atoms with E-state index in [1.54, 1.807) is 5.01 Å². The van der Waals surface area contributed by atoms with E-state index < -0.39 is 5.41 Å². The van der Waals surface area contributed by atoms with Gasteiger partial charge in [-0.15, -0.1) is 0 Å². The van der Waals surface area contributed by atoms with E-state index in [1.807, 2.05) is 51.1 Å². The molecular weight excluding hydrogens is 240 g/mol. The van der Waals surface area contributed by atoms with Gasteiger partial charge in [-0.25, -0.2) is 0 Å². The molecule has 102 valence electrons. The quantitative estimate of drug-likeness (QED) is 0.838. The summed E-state index contributed by atoms with van der Waals surface area (Å²) in [6.07, 6.45) is 1.10. The Morgan fingerprint density at radius 2 is 1.89 bits per heavy atom. The van der Waals surface area contributed by atoms with Gasteiger partial charge in [0, 0.05) is 18.4 Å². The average Bonchev–Trinajstić information content (AvgIpc) is 2.80. The minimum Gasteiger partial charge on any atom is -0.275 e. The van der Waals surface area contributed by atoms with Crippen LogP contribution in [0.15, 0.2) is 30.3 Å². The van der Waals surface area contributed by atoms with Crippen molar-refractivity contribution in [3.63, 3.8) is 0 Å². The summed E-state index contributed by atoms with van der Waals surface area (Å²) in [4.78, 5) is 24.6. The summed E-state index contributed by atoms with van der Waals surface area (Å²) in [5.74, 6) is -0.239.